The number of thiazole rings is 1. The molecule has 0 fully saturated rings. The first kappa shape index (κ1) is 16.7. The van der Waals surface area contributed by atoms with E-state index in [1.807, 2.05) is 18.2 Å². The molecule has 3 aromatic rings. The maximum absolute atomic E-state index is 12.7. The van der Waals surface area contributed by atoms with Crippen molar-refractivity contribution in [2.45, 2.75) is 32.2 Å². The minimum absolute atomic E-state index is 0.0862. The van der Waals surface area contributed by atoms with Crippen LogP contribution in [-0.4, -0.2) is 21.2 Å². The van der Waals surface area contributed by atoms with Crippen molar-refractivity contribution >= 4 is 38.9 Å². The van der Waals surface area contributed by atoms with Crippen LogP contribution in [0, 0.1) is 0 Å². The topological polar surface area (TPSA) is 81.1 Å². The SMILES string of the molecule is C[C@@H](C(=O)Nc1nc2c(s1)C(=O)CCC2)n1ccc2ccccc2c1=O. The lowest BCUT2D eigenvalue weighted by molar-refractivity contribution is -0.118. The van der Waals surface area contributed by atoms with E-state index >= 15 is 0 Å². The molecular formula is C19H17N3O3S. The minimum atomic E-state index is -0.691. The zero-order chi connectivity index (χ0) is 18.3. The van der Waals surface area contributed by atoms with Gasteiger partial charge < -0.3 is 9.88 Å². The van der Waals surface area contributed by atoms with Gasteiger partial charge >= 0.3 is 0 Å². The number of aryl methyl sites for hydroxylation is 1. The van der Waals surface area contributed by atoms with Gasteiger partial charge in [0.25, 0.3) is 5.56 Å². The van der Waals surface area contributed by atoms with Gasteiger partial charge in [-0.15, -0.1) is 0 Å². The normalized spacial score (nSPS) is 14.9. The lowest BCUT2D eigenvalue weighted by Gasteiger charge is -2.14. The molecule has 1 aromatic carbocycles. The molecule has 0 bridgehead atoms. The Morgan fingerprint density at radius 1 is 1.23 bits per heavy atom. The van der Waals surface area contributed by atoms with Crippen molar-refractivity contribution in [2.75, 3.05) is 5.32 Å². The van der Waals surface area contributed by atoms with E-state index < -0.39 is 6.04 Å². The zero-order valence-corrected chi connectivity index (χ0v) is 15.0. The summed E-state index contributed by atoms with van der Waals surface area (Å²) in [5, 5.41) is 4.58. The number of aromatic nitrogens is 2. The van der Waals surface area contributed by atoms with Crippen LogP contribution in [0.1, 0.15) is 41.2 Å². The lowest BCUT2D eigenvalue weighted by Crippen LogP contribution is -2.31. The molecule has 0 unspecified atom stereocenters. The average Bonchev–Trinajstić information content (AvgIpc) is 3.05. The number of nitrogens with zero attached hydrogens (tertiary/aromatic N) is 2. The molecule has 1 N–H and O–H groups in total. The Kier molecular flexibility index (Phi) is 4.16. The highest BCUT2D eigenvalue weighted by atomic mass is 32.1. The van der Waals surface area contributed by atoms with Gasteiger partial charge in [0.05, 0.1) is 10.6 Å². The highest BCUT2D eigenvalue weighted by Gasteiger charge is 2.24. The van der Waals surface area contributed by atoms with E-state index in [9.17, 15) is 14.4 Å². The average molecular weight is 367 g/mol. The summed E-state index contributed by atoms with van der Waals surface area (Å²) in [6, 6.07) is 8.41. The number of pyridine rings is 1. The molecule has 1 aliphatic carbocycles. The summed E-state index contributed by atoms with van der Waals surface area (Å²) < 4.78 is 1.41. The maximum atomic E-state index is 12.7. The van der Waals surface area contributed by atoms with E-state index in [-0.39, 0.29) is 17.2 Å². The Bertz CT molecular complexity index is 1080. The number of nitrogens with one attached hydrogen (secondary N) is 1. The Balaban J connectivity index is 1.60. The van der Waals surface area contributed by atoms with E-state index in [0.29, 0.717) is 21.8 Å². The molecule has 0 saturated carbocycles. The summed E-state index contributed by atoms with van der Waals surface area (Å²) in [5.41, 5.74) is 0.552. The van der Waals surface area contributed by atoms with E-state index in [1.165, 1.54) is 15.9 Å². The van der Waals surface area contributed by atoms with Gasteiger partial charge in [0, 0.05) is 18.0 Å². The van der Waals surface area contributed by atoms with Gasteiger partial charge in [0.15, 0.2) is 10.9 Å². The first-order valence-corrected chi connectivity index (χ1v) is 9.30. The van der Waals surface area contributed by atoms with Crippen LogP contribution >= 0.6 is 11.3 Å². The Morgan fingerprint density at radius 3 is 2.85 bits per heavy atom. The van der Waals surface area contributed by atoms with Gasteiger partial charge in [0.2, 0.25) is 5.91 Å². The number of hydrogen-bond donors (Lipinski definition) is 1. The van der Waals surface area contributed by atoms with Crippen molar-refractivity contribution in [3.8, 4) is 0 Å². The van der Waals surface area contributed by atoms with Gasteiger partial charge in [0.1, 0.15) is 6.04 Å². The van der Waals surface area contributed by atoms with Crippen molar-refractivity contribution in [2.24, 2.45) is 0 Å². The second-order valence-corrected chi connectivity index (χ2v) is 7.35. The molecule has 2 heterocycles. The second-order valence-electron chi connectivity index (χ2n) is 6.35. The van der Waals surface area contributed by atoms with E-state index in [0.717, 1.165) is 23.9 Å². The monoisotopic (exact) mass is 367 g/mol. The Hall–Kier alpha value is -2.80. The summed E-state index contributed by atoms with van der Waals surface area (Å²) in [6.45, 7) is 1.67. The van der Waals surface area contributed by atoms with Crippen molar-refractivity contribution in [3.63, 3.8) is 0 Å². The fraction of sp³-hybridized carbons (Fsp3) is 0.263. The Labute approximate surface area is 153 Å². The number of carbonyl (C=O) groups is 2. The highest BCUT2D eigenvalue weighted by Crippen LogP contribution is 2.30. The van der Waals surface area contributed by atoms with Crippen LogP contribution in [-0.2, 0) is 11.2 Å². The van der Waals surface area contributed by atoms with Crippen molar-refractivity contribution < 1.29 is 9.59 Å². The van der Waals surface area contributed by atoms with Crippen LogP contribution in [0.2, 0.25) is 0 Å². The second kappa shape index (κ2) is 6.49. The van der Waals surface area contributed by atoms with E-state index in [2.05, 4.69) is 10.3 Å². The smallest absolute Gasteiger partial charge is 0.259 e. The zero-order valence-electron chi connectivity index (χ0n) is 14.2. The molecule has 1 aliphatic rings. The van der Waals surface area contributed by atoms with Gasteiger partial charge in [-0.2, -0.15) is 0 Å². The number of amides is 1. The standard InChI is InChI=1S/C19H17N3O3S/c1-11(22-10-9-12-5-2-3-6-13(12)18(22)25)17(24)21-19-20-14-7-4-8-15(23)16(14)26-19/h2-3,5-6,9-11H,4,7-8H2,1H3,(H,20,21,24)/t11-/m0/s1. The molecule has 1 atom stereocenters. The number of rotatable bonds is 3. The number of fused-ring (bicyclic) bond motifs is 2. The predicted molar refractivity (Wildman–Crippen MR) is 101 cm³/mol. The molecule has 7 heteroatoms. The molecule has 1 amide bonds. The summed E-state index contributed by atoms with van der Waals surface area (Å²) in [6.07, 6.45) is 3.72. The van der Waals surface area contributed by atoms with Crippen molar-refractivity contribution in [1.82, 2.24) is 9.55 Å². The fourth-order valence-electron chi connectivity index (χ4n) is 3.17. The summed E-state index contributed by atoms with van der Waals surface area (Å²) >= 11 is 1.21. The van der Waals surface area contributed by atoms with Gasteiger partial charge in [-0.05, 0) is 37.3 Å². The first-order valence-electron chi connectivity index (χ1n) is 8.48. The molecule has 0 saturated heterocycles. The molecule has 2 aromatic heterocycles. The number of benzene rings is 1. The minimum Gasteiger partial charge on any atom is -0.303 e. The summed E-state index contributed by atoms with van der Waals surface area (Å²) in [5.74, 6) is -0.246. The van der Waals surface area contributed by atoms with Crippen LogP contribution in [0.15, 0.2) is 41.3 Å². The van der Waals surface area contributed by atoms with Crippen LogP contribution in [0.4, 0.5) is 5.13 Å². The number of carbonyl (C=O) groups excluding carboxylic acids is 2. The maximum Gasteiger partial charge on any atom is 0.259 e. The van der Waals surface area contributed by atoms with Crippen LogP contribution < -0.4 is 10.9 Å². The third kappa shape index (κ3) is 2.84. The Morgan fingerprint density at radius 2 is 2.04 bits per heavy atom. The van der Waals surface area contributed by atoms with Crippen LogP contribution in [0.5, 0.6) is 0 Å². The van der Waals surface area contributed by atoms with Crippen LogP contribution in [0.25, 0.3) is 10.8 Å². The fourth-order valence-corrected chi connectivity index (χ4v) is 4.15. The molecule has 26 heavy (non-hydrogen) atoms. The number of Topliss-reactive ketones (excluding diaryl/α,β-unsaturated/α-hetero) is 1. The predicted octanol–water partition coefficient (Wildman–Crippen LogP) is 3.18. The van der Waals surface area contributed by atoms with Gasteiger partial charge in [-0.3, -0.25) is 14.4 Å². The van der Waals surface area contributed by atoms with Gasteiger partial charge in [-0.25, -0.2) is 4.98 Å². The largest absolute Gasteiger partial charge is 0.303 e. The van der Waals surface area contributed by atoms with Gasteiger partial charge in [-0.1, -0.05) is 29.5 Å². The summed E-state index contributed by atoms with van der Waals surface area (Å²) in [4.78, 5) is 42.2. The third-order valence-corrected chi connectivity index (χ3v) is 5.69. The molecular weight excluding hydrogens is 350 g/mol. The van der Waals surface area contributed by atoms with Crippen molar-refractivity contribution in [3.05, 3.63) is 57.5 Å². The molecule has 0 spiro atoms. The first-order chi connectivity index (χ1) is 12.5. The molecule has 6 nitrogen and oxygen atoms in total. The highest BCUT2D eigenvalue weighted by molar-refractivity contribution is 7.17. The number of hydrogen-bond acceptors (Lipinski definition) is 5. The quantitative estimate of drug-likeness (QED) is 0.771. The van der Waals surface area contributed by atoms with Crippen molar-refractivity contribution in [1.29, 1.82) is 0 Å². The van der Waals surface area contributed by atoms with E-state index in [4.69, 9.17) is 0 Å². The molecule has 4 rings (SSSR count). The molecule has 132 valence electrons. The van der Waals surface area contributed by atoms with E-state index in [1.54, 1.807) is 25.3 Å². The summed E-state index contributed by atoms with van der Waals surface area (Å²) in [7, 11) is 0. The lowest BCUT2D eigenvalue weighted by atomic mass is 10.0. The molecule has 0 radical (unpaired) electrons. The van der Waals surface area contributed by atoms with Crippen LogP contribution in [0.3, 0.4) is 0 Å². The number of anilines is 1. The third-order valence-electron chi connectivity index (χ3n) is 4.64. The number of ketones is 1. The molecule has 0 aliphatic heterocycles.